The third kappa shape index (κ3) is 767. The van der Waals surface area contributed by atoms with Crippen LogP contribution in [0.4, 0.5) is 19.2 Å². The number of rotatable bonds is 0. The van der Waals surface area contributed by atoms with Crippen molar-refractivity contribution in [1.29, 1.82) is 0 Å². The number of carbonyl (C=O) groups excluding carboxylic acids is 4. The zero-order chi connectivity index (χ0) is 13.0. The lowest BCUT2D eigenvalue weighted by molar-refractivity contribution is 0.236. The van der Waals surface area contributed by atoms with Crippen molar-refractivity contribution in [2.45, 2.75) is 0 Å². The van der Waals surface area contributed by atoms with Crippen LogP contribution in [-0.4, -0.2) is 24.1 Å². The zero-order valence-corrected chi connectivity index (χ0v) is 8.30. The predicted octanol–water partition coefficient (Wildman–Crippen LogP) is -3.06. The maximum absolute atomic E-state index is 9.62. The van der Waals surface area contributed by atoms with E-state index in [0.29, 0.717) is 0 Å². The Bertz CT molecular complexity index is 208. The van der Waals surface area contributed by atoms with Gasteiger partial charge in [0, 0.05) is 0 Å². The van der Waals surface area contributed by atoms with Gasteiger partial charge in [-0.2, -0.15) is 0 Å². The molecule has 0 aromatic heterocycles. The summed E-state index contributed by atoms with van der Waals surface area (Å²) in [5, 5.41) is 1.58. The Morgan fingerprint density at radius 3 is 0.750 bits per heavy atom. The van der Waals surface area contributed by atoms with E-state index in [1.165, 1.54) is 0 Å². The maximum Gasteiger partial charge on any atom is 0.320 e. The summed E-state index contributed by atoms with van der Waals surface area (Å²) in [6.07, 6.45) is 0. The fraction of sp³-hybridized carbons (Fsp3) is 0. The van der Waals surface area contributed by atoms with Gasteiger partial charge in [0.25, 0.3) is 0 Å². The van der Waals surface area contributed by atoms with Gasteiger partial charge in [0.1, 0.15) is 0 Å². The molecule has 0 aliphatic heterocycles. The van der Waals surface area contributed by atoms with Crippen molar-refractivity contribution in [3.63, 3.8) is 0 Å². The highest BCUT2D eigenvalue weighted by Crippen LogP contribution is 1.51. The van der Waals surface area contributed by atoms with Gasteiger partial charge in [-0.25, -0.2) is 19.2 Å². The molecule has 0 saturated carbocycles. The number of nitrogens with one attached hydrogen (secondary N) is 1. The monoisotopic (exact) mass is 240 g/mol. The number of hydrogen-bond acceptors (Lipinski definition) is 5. The summed E-state index contributed by atoms with van der Waals surface area (Å²) in [5.41, 5.74) is 25.9. The first kappa shape index (κ1) is 23.2. The highest BCUT2D eigenvalue weighted by molar-refractivity contribution is 5.91. The highest BCUT2D eigenvalue weighted by Gasteiger charge is 1.92. The Hall–Kier alpha value is -2.76. The number of hydrogen-bond donors (Lipinski definition) is 8. The summed E-state index contributed by atoms with van der Waals surface area (Å²) in [5.74, 6) is 0. The Labute approximate surface area is 90.2 Å². The first-order valence-electron chi connectivity index (χ1n) is 3.05. The first-order valence-corrected chi connectivity index (χ1v) is 3.05. The molecule has 0 atom stereocenters. The molecule has 0 unspecified atom stereocenters. The Kier molecular flexibility index (Phi) is 21.4. The molecule has 0 aliphatic rings. The molecule has 16 N–H and O–H groups in total. The van der Waals surface area contributed by atoms with Crippen molar-refractivity contribution in [1.82, 2.24) is 11.5 Å². The van der Waals surface area contributed by atoms with Crippen molar-refractivity contribution in [2.75, 3.05) is 0 Å². The number of imide groups is 1. The molecule has 8 amide bonds. The van der Waals surface area contributed by atoms with E-state index in [-0.39, 0.29) is 6.15 Å². The van der Waals surface area contributed by atoms with Crippen molar-refractivity contribution < 1.29 is 19.2 Å². The Morgan fingerprint density at radius 2 is 0.750 bits per heavy atom. The van der Waals surface area contributed by atoms with E-state index in [1.807, 2.05) is 0 Å². The van der Waals surface area contributed by atoms with Crippen LogP contribution in [0.1, 0.15) is 0 Å². The van der Waals surface area contributed by atoms with Crippen LogP contribution >= 0.6 is 0 Å². The van der Waals surface area contributed by atoms with E-state index in [0.717, 1.165) is 0 Å². The van der Waals surface area contributed by atoms with Gasteiger partial charge in [-0.1, -0.05) is 0 Å². The summed E-state index contributed by atoms with van der Waals surface area (Å²) in [6, 6.07) is -3.54. The van der Waals surface area contributed by atoms with Crippen LogP contribution in [0.25, 0.3) is 0 Å². The lowest BCUT2D eigenvalue weighted by Gasteiger charge is -1.88. The normalized spacial score (nSPS) is 6.25. The lowest BCUT2D eigenvalue weighted by atomic mass is 10.9. The van der Waals surface area contributed by atoms with Crippen LogP contribution in [0.2, 0.25) is 0 Å². The van der Waals surface area contributed by atoms with Crippen LogP contribution in [0.5, 0.6) is 0 Å². The van der Waals surface area contributed by atoms with Crippen LogP contribution in [-0.2, 0) is 0 Å². The molecule has 0 radical (unpaired) electrons. The van der Waals surface area contributed by atoms with Crippen LogP contribution in [0, 0.1) is 0 Å². The molecule has 0 saturated heterocycles. The average molecular weight is 240 g/mol. The van der Waals surface area contributed by atoms with Gasteiger partial charge in [-0.3, -0.25) is 5.32 Å². The minimum absolute atomic E-state index is 0. The van der Waals surface area contributed by atoms with Crippen molar-refractivity contribution in [3.8, 4) is 0 Å². The van der Waals surface area contributed by atoms with Crippen LogP contribution in [0.15, 0.2) is 0 Å². The Balaban J connectivity index is -0.0000000700. The lowest BCUT2D eigenvalue weighted by Crippen LogP contribution is -2.38. The third-order valence-corrected chi connectivity index (χ3v) is 0.246. The number of carbonyl (C=O) groups is 4. The molecular weight excluding hydrogens is 224 g/mol. The molecule has 0 aromatic rings. The average Bonchev–Trinajstić information content (AvgIpc) is 1.78. The fourth-order valence-corrected chi connectivity index (χ4v) is 0.121. The molecule has 16 heavy (non-hydrogen) atoms. The SMILES string of the molecule is N.NC(=O)NC(N)=O.NC(N)=O.NC(N)=O. The number of urea groups is 4. The van der Waals surface area contributed by atoms with Crippen LogP contribution < -0.4 is 45.9 Å². The van der Waals surface area contributed by atoms with E-state index >= 15 is 0 Å². The molecule has 0 heterocycles. The van der Waals surface area contributed by atoms with E-state index < -0.39 is 24.1 Å². The van der Waals surface area contributed by atoms with Crippen molar-refractivity contribution >= 4 is 24.1 Å². The van der Waals surface area contributed by atoms with Gasteiger partial charge in [0.2, 0.25) is 0 Å². The molecule has 0 fully saturated rings. The van der Waals surface area contributed by atoms with Gasteiger partial charge in [-0.15, -0.1) is 0 Å². The van der Waals surface area contributed by atoms with Gasteiger partial charge >= 0.3 is 24.1 Å². The molecule has 0 rings (SSSR count). The summed E-state index contributed by atoms with van der Waals surface area (Å²) in [6.45, 7) is 0. The molecule has 0 aliphatic carbocycles. The maximum atomic E-state index is 9.62. The summed E-state index contributed by atoms with van der Waals surface area (Å²) >= 11 is 0. The van der Waals surface area contributed by atoms with Gasteiger partial charge in [0.15, 0.2) is 0 Å². The van der Waals surface area contributed by atoms with Gasteiger partial charge < -0.3 is 40.6 Å². The molecule has 12 nitrogen and oxygen atoms in total. The molecule has 0 spiro atoms. The van der Waals surface area contributed by atoms with E-state index in [9.17, 15) is 9.59 Å². The molecule has 12 heteroatoms. The third-order valence-electron chi connectivity index (χ3n) is 0.246. The van der Waals surface area contributed by atoms with E-state index in [2.05, 4.69) is 34.4 Å². The second-order valence-electron chi connectivity index (χ2n) is 1.66. The number of nitrogens with two attached hydrogens (primary N) is 6. The number of primary amides is 6. The quantitative estimate of drug-likeness (QED) is 0.218. The second-order valence-corrected chi connectivity index (χ2v) is 1.66. The molecule has 0 bridgehead atoms. The van der Waals surface area contributed by atoms with Gasteiger partial charge in [-0.05, 0) is 0 Å². The predicted molar refractivity (Wildman–Crippen MR) is 54.9 cm³/mol. The topological polar surface area (TPSA) is 271 Å². The Morgan fingerprint density at radius 1 is 0.625 bits per heavy atom. The van der Waals surface area contributed by atoms with Crippen molar-refractivity contribution in [3.05, 3.63) is 0 Å². The molecular formula is C4H16N8O4. The summed E-state index contributed by atoms with van der Waals surface area (Å²) in [4.78, 5) is 37.2. The first-order chi connectivity index (χ1) is 6.59. The highest BCUT2D eigenvalue weighted by atomic mass is 16.2. The molecule has 0 aromatic carbocycles. The van der Waals surface area contributed by atoms with Crippen molar-refractivity contribution in [2.24, 2.45) is 34.4 Å². The standard InChI is InChI=1S/C2H5N3O2.2CH4N2O.H3N/c3-1(6)5-2(4)7;2*2-1(3)4;/h(H5,3,4,5,6,7);2*(H4,2,3,4);1H3. The van der Waals surface area contributed by atoms with E-state index in [1.54, 1.807) is 5.32 Å². The fourth-order valence-electron chi connectivity index (χ4n) is 0.121. The number of amides is 8. The van der Waals surface area contributed by atoms with Crippen LogP contribution in [0.3, 0.4) is 0 Å². The minimum atomic E-state index is -0.938. The largest absolute Gasteiger partial charge is 0.352 e. The minimum Gasteiger partial charge on any atom is -0.352 e. The van der Waals surface area contributed by atoms with E-state index in [4.69, 9.17) is 9.59 Å². The summed E-state index contributed by atoms with van der Waals surface area (Å²) in [7, 11) is 0. The second kappa shape index (κ2) is 14.7. The molecule has 96 valence electrons. The summed E-state index contributed by atoms with van der Waals surface area (Å²) < 4.78 is 0. The smallest absolute Gasteiger partial charge is 0.320 e. The van der Waals surface area contributed by atoms with Gasteiger partial charge in [0.05, 0.1) is 0 Å². The zero-order valence-electron chi connectivity index (χ0n) is 8.30.